The Hall–Kier alpha value is -2.67. The zero-order valence-corrected chi connectivity index (χ0v) is 14.6. The minimum Gasteiger partial charge on any atom is -0.493 e. The largest absolute Gasteiger partial charge is 0.493 e. The summed E-state index contributed by atoms with van der Waals surface area (Å²) in [5.41, 5.74) is 3.29. The summed E-state index contributed by atoms with van der Waals surface area (Å²) in [5, 5.41) is 17.5. The SMILES string of the molecule is Cc1cc(CCCOc2c(C)cc(-c3noc(C)n3)cc2CO)on1. The molecule has 1 N–H and O–H groups in total. The van der Waals surface area contributed by atoms with Gasteiger partial charge in [-0.2, -0.15) is 4.98 Å². The van der Waals surface area contributed by atoms with E-state index in [0.29, 0.717) is 29.6 Å². The van der Waals surface area contributed by atoms with E-state index in [-0.39, 0.29) is 6.61 Å². The summed E-state index contributed by atoms with van der Waals surface area (Å²) in [6, 6.07) is 5.68. The first kappa shape index (κ1) is 17.2. The predicted octanol–water partition coefficient (Wildman–Crippen LogP) is 3.15. The second-order valence-electron chi connectivity index (χ2n) is 5.96. The molecule has 3 rings (SSSR count). The number of nitrogens with zero attached hydrogens (tertiary/aromatic N) is 3. The lowest BCUT2D eigenvalue weighted by atomic mass is 10.0. The van der Waals surface area contributed by atoms with Crippen LogP contribution < -0.4 is 4.74 Å². The first-order valence-corrected chi connectivity index (χ1v) is 8.17. The molecule has 0 spiro atoms. The van der Waals surface area contributed by atoms with E-state index >= 15 is 0 Å². The first-order valence-electron chi connectivity index (χ1n) is 8.17. The topological polar surface area (TPSA) is 94.4 Å². The van der Waals surface area contributed by atoms with E-state index in [2.05, 4.69) is 15.3 Å². The fourth-order valence-electron chi connectivity index (χ4n) is 2.67. The van der Waals surface area contributed by atoms with Crippen LogP contribution in [0.1, 0.15) is 34.9 Å². The summed E-state index contributed by atoms with van der Waals surface area (Å²) in [4.78, 5) is 4.22. The first-order chi connectivity index (χ1) is 12.1. The van der Waals surface area contributed by atoms with Gasteiger partial charge in [-0.05, 0) is 38.0 Å². The van der Waals surface area contributed by atoms with Gasteiger partial charge in [0.05, 0.1) is 18.9 Å². The molecule has 0 radical (unpaired) electrons. The normalized spacial score (nSPS) is 11.0. The highest BCUT2D eigenvalue weighted by molar-refractivity contribution is 5.61. The van der Waals surface area contributed by atoms with E-state index < -0.39 is 0 Å². The molecule has 0 aliphatic rings. The van der Waals surface area contributed by atoms with Crippen LogP contribution in [0, 0.1) is 20.8 Å². The van der Waals surface area contributed by atoms with Gasteiger partial charge < -0.3 is 18.9 Å². The van der Waals surface area contributed by atoms with Gasteiger partial charge in [0.25, 0.3) is 0 Å². The molecule has 2 aromatic heterocycles. The van der Waals surface area contributed by atoms with Crippen molar-refractivity contribution in [3.8, 4) is 17.1 Å². The van der Waals surface area contributed by atoms with Crippen molar-refractivity contribution in [2.24, 2.45) is 0 Å². The lowest BCUT2D eigenvalue weighted by Crippen LogP contribution is -2.04. The molecule has 0 saturated heterocycles. The zero-order valence-electron chi connectivity index (χ0n) is 14.6. The van der Waals surface area contributed by atoms with Crippen LogP contribution in [0.25, 0.3) is 11.4 Å². The van der Waals surface area contributed by atoms with Crippen LogP contribution in [0.3, 0.4) is 0 Å². The second-order valence-corrected chi connectivity index (χ2v) is 5.96. The number of aliphatic hydroxyl groups excluding tert-OH is 1. The van der Waals surface area contributed by atoms with Gasteiger partial charge in [0.15, 0.2) is 0 Å². The molecule has 0 fully saturated rings. The van der Waals surface area contributed by atoms with Crippen molar-refractivity contribution in [2.75, 3.05) is 6.61 Å². The third kappa shape index (κ3) is 4.06. The van der Waals surface area contributed by atoms with Gasteiger partial charge in [-0.25, -0.2) is 0 Å². The number of aliphatic hydroxyl groups is 1. The molecular weight excluding hydrogens is 322 g/mol. The average molecular weight is 343 g/mol. The summed E-state index contributed by atoms with van der Waals surface area (Å²) in [6.45, 7) is 5.97. The maximum Gasteiger partial charge on any atom is 0.223 e. The molecule has 0 bridgehead atoms. The Morgan fingerprint density at radius 3 is 2.56 bits per heavy atom. The lowest BCUT2D eigenvalue weighted by molar-refractivity contribution is 0.258. The Morgan fingerprint density at radius 1 is 1.08 bits per heavy atom. The average Bonchev–Trinajstić information content (AvgIpc) is 3.20. The van der Waals surface area contributed by atoms with Crippen LogP contribution in [-0.2, 0) is 13.0 Å². The molecule has 0 aliphatic carbocycles. The highest BCUT2D eigenvalue weighted by atomic mass is 16.5. The molecule has 1 aromatic carbocycles. The molecule has 7 nitrogen and oxygen atoms in total. The van der Waals surface area contributed by atoms with Gasteiger partial charge in [-0.3, -0.25) is 0 Å². The summed E-state index contributed by atoms with van der Waals surface area (Å²) in [5.74, 6) is 2.55. The van der Waals surface area contributed by atoms with Gasteiger partial charge in [-0.15, -0.1) is 0 Å². The molecule has 7 heteroatoms. The van der Waals surface area contributed by atoms with Crippen molar-refractivity contribution in [1.29, 1.82) is 0 Å². The van der Waals surface area contributed by atoms with Crippen molar-refractivity contribution >= 4 is 0 Å². The number of rotatable bonds is 7. The molecule has 0 atom stereocenters. The van der Waals surface area contributed by atoms with Crippen LogP contribution >= 0.6 is 0 Å². The van der Waals surface area contributed by atoms with Gasteiger partial charge >= 0.3 is 0 Å². The Morgan fingerprint density at radius 2 is 1.92 bits per heavy atom. The minimum absolute atomic E-state index is 0.123. The van der Waals surface area contributed by atoms with Crippen molar-refractivity contribution in [2.45, 2.75) is 40.2 Å². The molecule has 25 heavy (non-hydrogen) atoms. The van der Waals surface area contributed by atoms with E-state index in [1.54, 1.807) is 6.92 Å². The van der Waals surface area contributed by atoms with Gasteiger partial charge in [-0.1, -0.05) is 10.3 Å². The number of hydrogen-bond acceptors (Lipinski definition) is 7. The number of benzene rings is 1. The number of aromatic nitrogens is 3. The van der Waals surface area contributed by atoms with E-state index in [1.165, 1.54) is 0 Å². The summed E-state index contributed by atoms with van der Waals surface area (Å²) >= 11 is 0. The van der Waals surface area contributed by atoms with Crippen LogP contribution in [0.4, 0.5) is 0 Å². The molecular formula is C18H21N3O4. The molecule has 132 valence electrons. The highest BCUT2D eigenvalue weighted by Gasteiger charge is 2.13. The number of hydrogen-bond donors (Lipinski definition) is 1. The quantitative estimate of drug-likeness (QED) is 0.658. The Bertz CT molecular complexity index is 854. The van der Waals surface area contributed by atoms with Gasteiger partial charge in [0, 0.05) is 30.5 Å². The maximum atomic E-state index is 9.69. The summed E-state index contributed by atoms with van der Waals surface area (Å²) < 4.78 is 16.1. The summed E-state index contributed by atoms with van der Waals surface area (Å²) in [7, 11) is 0. The van der Waals surface area contributed by atoms with E-state index in [4.69, 9.17) is 13.8 Å². The van der Waals surface area contributed by atoms with E-state index in [9.17, 15) is 5.11 Å². The Balaban J connectivity index is 1.68. The lowest BCUT2D eigenvalue weighted by Gasteiger charge is -2.14. The fraction of sp³-hybridized carbons (Fsp3) is 0.389. The van der Waals surface area contributed by atoms with Crippen molar-refractivity contribution in [1.82, 2.24) is 15.3 Å². The van der Waals surface area contributed by atoms with Crippen LogP contribution in [0.2, 0.25) is 0 Å². The molecule has 2 heterocycles. The Kier molecular flexibility index (Phi) is 5.14. The van der Waals surface area contributed by atoms with Crippen molar-refractivity contribution < 1.29 is 18.9 Å². The smallest absolute Gasteiger partial charge is 0.223 e. The molecule has 3 aromatic rings. The number of aryl methyl sites for hydroxylation is 4. The van der Waals surface area contributed by atoms with E-state index in [1.807, 2.05) is 32.0 Å². The molecule has 0 unspecified atom stereocenters. The standard InChI is InChI=1S/C18H21N3O4/c1-11-7-14(18-19-13(3)24-21-18)9-15(10-22)17(11)23-6-4-5-16-8-12(2)20-25-16/h7-9,22H,4-6,10H2,1-3H3. The maximum absolute atomic E-state index is 9.69. The zero-order chi connectivity index (χ0) is 17.8. The van der Waals surface area contributed by atoms with Crippen molar-refractivity contribution in [3.05, 3.63) is 46.7 Å². The molecule has 0 saturated carbocycles. The summed E-state index contributed by atoms with van der Waals surface area (Å²) in [6.07, 6.45) is 1.55. The second kappa shape index (κ2) is 7.48. The highest BCUT2D eigenvalue weighted by Crippen LogP contribution is 2.30. The Labute approximate surface area is 145 Å². The van der Waals surface area contributed by atoms with Crippen molar-refractivity contribution in [3.63, 3.8) is 0 Å². The van der Waals surface area contributed by atoms with Crippen LogP contribution in [0.15, 0.2) is 27.2 Å². The third-order valence-corrected chi connectivity index (χ3v) is 3.80. The van der Waals surface area contributed by atoms with Gasteiger partial charge in [0.2, 0.25) is 11.7 Å². The van der Waals surface area contributed by atoms with Crippen LogP contribution in [0.5, 0.6) is 5.75 Å². The fourth-order valence-corrected chi connectivity index (χ4v) is 2.67. The molecule has 0 amide bonds. The minimum atomic E-state index is -0.123. The third-order valence-electron chi connectivity index (χ3n) is 3.80. The van der Waals surface area contributed by atoms with E-state index in [0.717, 1.165) is 35.4 Å². The van der Waals surface area contributed by atoms with Crippen LogP contribution in [-0.4, -0.2) is 27.0 Å². The number of ether oxygens (including phenoxy) is 1. The molecule has 0 aliphatic heterocycles. The van der Waals surface area contributed by atoms with Gasteiger partial charge in [0.1, 0.15) is 11.5 Å². The monoisotopic (exact) mass is 343 g/mol. The predicted molar refractivity (Wildman–Crippen MR) is 90.2 cm³/mol.